The Bertz CT molecular complexity index is 1600. The maximum absolute atomic E-state index is 12.9. The molecule has 0 aliphatic rings. The van der Waals surface area contributed by atoms with Crippen molar-refractivity contribution in [1.29, 1.82) is 0 Å². The summed E-state index contributed by atoms with van der Waals surface area (Å²) < 4.78 is 17.3. The lowest BCUT2D eigenvalue weighted by Crippen LogP contribution is -2.30. The SMILES string of the molecule is CC/C=C\C/C=C\C/C=C\C/C=C\C/C=C\C/C=C\CCC(=O)OCC(COCCCCC/C=C\C/C=C\C/C=C\C/C=C\CC)OC(=O)CCCCCCCC/C=C\C/C=C\C/C=C\C/C=C\CC. The van der Waals surface area contributed by atoms with Crippen molar-refractivity contribution in [1.82, 2.24) is 0 Å². The molecule has 1 unspecified atom stereocenters. The Morgan fingerprint density at radius 2 is 0.629 bits per heavy atom. The van der Waals surface area contributed by atoms with Gasteiger partial charge >= 0.3 is 11.9 Å². The molecule has 1 atom stereocenters. The lowest BCUT2D eigenvalue weighted by atomic mass is 10.1. The standard InChI is InChI=1S/C65H100O5/c1-4-7-10-13-16-19-22-25-28-31-33-35-37-40-43-46-49-52-55-58-64(66)69-62-63(61-68-60-57-54-51-48-45-42-39-30-27-24-21-18-15-12-9-6-3)70-65(67)59-56-53-50-47-44-41-38-36-34-32-29-26-23-20-17-14-11-8-5-2/h7-12,16-21,25-30,33-36,40,42-43,45,49,52,63H,4-6,13-15,22-24,31-32,37-39,41,44,46-48,50-51,53-62H2,1-3H3/b10-7-,11-8-,12-9-,19-16-,20-17-,21-18-,28-25-,29-26-,30-27-,35-33-,36-34-,43-40-,45-42-,52-49-. The molecule has 0 fully saturated rings. The Morgan fingerprint density at radius 1 is 0.314 bits per heavy atom. The molecule has 0 aromatic heterocycles. The fourth-order valence-electron chi connectivity index (χ4n) is 6.75. The highest BCUT2D eigenvalue weighted by molar-refractivity contribution is 5.70. The highest BCUT2D eigenvalue weighted by Crippen LogP contribution is 2.12. The second-order valence-electron chi connectivity index (χ2n) is 17.3. The van der Waals surface area contributed by atoms with E-state index in [2.05, 4.69) is 185 Å². The van der Waals surface area contributed by atoms with Gasteiger partial charge in [0.2, 0.25) is 0 Å². The average Bonchev–Trinajstić information content (AvgIpc) is 3.36. The number of carbonyl (C=O) groups is 2. The van der Waals surface area contributed by atoms with E-state index in [4.69, 9.17) is 14.2 Å². The summed E-state index contributed by atoms with van der Waals surface area (Å²) in [6.45, 7) is 7.29. The van der Waals surface area contributed by atoms with Crippen LogP contribution in [-0.2, 0) is 23.8 Å². The molecular formula is C65H100O5. The van der Waals surface area contributed by atoms with Gasteiger partial charge in [0.1, 0.15) is 6.61 Å². The van der Waals surface area contributed by atoms with E-state index in [9.17, 15) is 9.59 Å². The molecule has 0 aliphatic heterocycles. The molecule has 5 heteroatoms. The van der Waals surface area contributed by atoms with E-state index in [1.165, 1.54) is 19.3 Å². The largest absolute Gasteiger partial charge is 0.462 e. The highest BCUT2D eigenvalue weighted by atomic mass is 16.6. The number of unbranched alkanes of at least 4 members (excludes halogenated alkanes) is 9. The van der Waals surface area contributed by atoms with E-state index in [-0.39, 0.29) is 31.6 Å². The van der Waals surface area contributed by atoms with Crippen LogP contribution in [0.4, 0.5) is 0 Å². The molecule has 0 aliphatic carbocycles. The molecule has 0 radical (unpaired) electrons. The molecule has 0 amide bonds. The van der Waals surface area contributed by atoms with Crippen molar-refractivity contribution in [3.8, 4) is 0 Å². The van der Waals surface area contributed by atoms with E-state index in [0.29, 0.717) is 19.4 Å². The van der Waals surface area contributed by atoms with Crippen LogP contribution >= 0.6 is 0 Å². The summed E-state index contributed by atoms with van der Waals surface area (Å²) in [6, 6.07) is 0. The summed E-state index contributed by atoms with van der Waals surface area (Å²) in [5, 5.41) is 0. The molecule has 0 aromatic rings. The molecule has 70 heavy (non-hydrogen) atoms. The third-order valence-electron chi connectivity index (χ3n) is 10.7. The molecule has 0 rings (SSSR count). The lowest BCUT2D eigenvalue weighted by molar-refractivity contribution is -0.162. The van der Waals surface area contributed by atoms with Crippen LogP contribution in [0, 0.1) is 0 Å². The van der Waals surface area contributed by atoms with Gasteiger partial charge < -0.3 is 14.2 Å². The third kappa shape index (κ3) is 55.9. The van der Waals surface area contributed by atoms with Crippen molar-refractivity contribution < 1.29 is 23.8 Å². The molecule has 0 spiro atoms. The van der Waals surface area contributed by atoms with E-state index in [1.807, 2.05) is 6.08 Å². The third-order valence-corrected chi connectivity index (χ3v) is 10.7. The predicted molar refractivity (Wildman–Crippen MR) is 306 cm³/mol. The van der Waals surface area contributed by atoms with Crippen LogP contribution in [0.1, 0.15) is 201 Å². The number of rotatable bonds is 48. The number of esters is 2. The topological polar surface area (TPSA) is 61.8 Å². The van der Waals surface area contributed by atoms with E-state index in [0.717, 1.165) is 141 Å². The van der Waals surface area contributed by atoms with Gasteiger partial charge in [0.25, 0.3) is 0 Å². The molecule has 0 saturated heterocycles. The fraction of sp³-hybridized carbons (Fsp3) is 0.538. The average molecular weight is 962 g/mol. The van der Waals surface area contributed by atoms with Gasteiger partial charge in [-0.3, -0.25) is 9.59 Å². The summed E-state index contributed by atoms with van der Waals surface area (Å²) in [7, 11) is 0. The number of hydrogen-bond acceptors (Lipinski definition) is 5. The molecule has 390 valence electrons. The maximum Gasteiger partial charge on any atom is 0.306 e. The minimum Gasteiger partial charge on any atom is -0.462 e. The van der Waals surface area contributed by atoms with Gasteiger partial charge in [-0.05, 0) is 135 Å². The van der Waals surface area contributed by atoms with E-state index in [1.54, 1.807) is 0 Å². The normalized spacial score (nSPS) is 13.6. The first-order valence-electron chi connectivity index (χ1n) is 27.7. The Kier molecular flexibility index (Phi) is 54.6. The van der Waals surface area contributed by atoms with Crippen LogP contribution in [0.5, 0.6) is 0 Å². The van der Waals surface area contributed by atoms with Gasteiger partial charge in [-0.15, -0.1) is 0 Å². The first-order valence-corrected chi connectivity index (χ1v) is 27.7. The zero-order chi connectivity index (χ0) is 50.6. The van der Waals surface area contributed by atoms with Crippen LogP contribution < -0.4 is 0 Å². The minimum absolute atomic E-state index is 0.0133. The van der Waals surface area contributed by atoms with Gasteiger partial charge in [-0.2, -0.15) is 0 Å². The van der Waals surface area contributed by atoms with E-state index >= 15 is 0 Å². The second-order valence-corrected chi connectivity index (χ2v) is 17.3. The monoisotopic (exact) mass is 961 g/mol. The number of carbonyl (C=O) groups excluding carboxylic acids is 2. The zero-order valence-electron chi connectivity index (χ0n) is 44.7. The van der Waals surface area contributed by atoms with Crippen LogP contribution in [0.2, 0.25) is 0 Å². The zero-order valence-corrected chi connectivity index (χ0v) is 44.7. The smallest absolute Gasteiger partial charge is 0.306 e. The maximum atomic E-state index is 12.9. The van der Waals surface area contributed by atoms with E-state index < -0.39 is 6.10 Å². The Balaban J connectivity index is 4.52. The summed E-state index contributed by atoms with van der Waals surface area (Å²) >= 11 is 0. The first-order chi connectivity index (χ1) is 34.6. The number of hydrogen-bond donors (Lipinski definition) is 0. The summed E-state index contributed by atoms with van der Waals surface area (Å²) in [5.41, 5.74) is 0. The Morgan fingerprint density at radius 3 is 1.01 bits per heavy atom. The highest BCUT2D eigenvalue weighted by Gasteiger charge is 2.17. The van der Waals surface area contributed by atoms with Crippen molar-refractivity contribution in [2.75, 3.05) is 19.8 Å². The fourth-order valence-corrected chi connectivity index (χ4v) is 6.75. The molecule has 0 bridgehead atoms. The van der Waals surface area contributed by atoms with Gasteiger partial charge in [-0.25, -0.2) is 0 Å². The summed E-state index contributed by atoms with van der Waals surface area (Å²) in [6.07, 6.45) is 88.1. The molecule has 0 heterocycles. The summed E-state index contributed by atoms with van der Waals surface area (Å²) in [4.78, 5) is 25.5. The van der Waals surface area contributed by atoms with Crippen LogP contribution in [0.15, 0.2) is 170 Å². The first kappa shape index (κ1) is 65.3. The Hall–Kier alpha value is -4.74. The van der Waals surface area contributed by atoms with Crippen molar-refractivity contribution in [3.63, 3.8) is 0 Å². The van der Waals surface area contributed by atoms with Gasteiger partial charge in [0.05, 0.1) is 6.61 Å². The summed E-state index contributed by atoms with van der Waals surface area (Å²) in [5.74, 6) is -0.543. The van der Waals surface area contributed by atoms with Gasteiger partial charge in [0, 0.05) is 19.4 Å². The van der Waals surface area contributed by atoms with Crippen molar-refractivity contribution in [3.05, 3.63) is 170 Å². The molecule has 0 aromatic carbocycles. The van der Waals surface area contributed by atoms with Crippen molar-refractivity contribution >= 4 is 11.9 Å². The molecular weight excluding hydrogens is 861 g/mol. The Labute approximate surface area is 430 Å². The number of ether oxygens (including phenoxy) is 3. The lowest BCUT2D eigenvalue weighted by Gasteiger charge is -2.18. The quantitative estimate of drug-likeness (QED) is 0.0345. The van der Waals surface area contributed by atoms with Crippen LogP contribution in [0.25, 0.3) is 0 Å². The molecule has 5 nitrogen and oxygen atoms in total. The second kappa shape index (κ2) is 58.6. The van der Waals surface area contributed by atoms with Crippen LogP contribution in [0.3, 0.4) is 0 Å². The molecule has 0 N–H and O–H groups in total. The van der Waals surface area contributed by atoms with Crippen molar-refractivity contribution in [2.24, 2.45) is 0 Å². The van der Waals surface area contributed by atoms with Crippen molar-refractivity contribution in [2.45, 2.75) is 207 Å². The minimum atomic E-state index is -0.606. The van der Waals surface area contributed by atoms with Crippen LogP contribution in [-0.4, -0.2) is 37.9 Å². The molecule has 0 saturated carbocycles. The van der Waals surface area contributed by atoms with Gasteiger partial charge in [0.15, 0.2) is 6.10 Å². The van der Waals surface area contributed by atoms with Gasteiger partial charge in [-0.1, -0.05) is 223 Å². The number of allylic oxidation sites excluding steroid dienone is 28. The predicted octanol–water partition coefficient (Wildman–Crippen LogP) is 19.2.